The number of hydrogen-bond donors (Lipinski definition) is 0. The van der Waals surface area contributed by atoms with Gasteiger partial charge in [0.25, 0.3) is 0 Å². The quantitative estimate of drug-likeness (QED) is 0.474. The van der Waals surface area contributed by atoms with Crippen molar-refractivity contribution in [1.29, 1.82) is 0 Å². The molecule has 0 aliphatic carbocycles. The van der Waals surface area contributed by atoms with Gasteiger partial charge in [-0.25, -0.2) is 0 Å². The summed E-state index contributed by atoms with van der Waals surface area (Å²) in [4.78, 5) is 4.99. The Labute approximate surface area is 51.4 Å². The van der Waals surface area contributed by atoms with Crippen LogP contribution in [0.4, 0.5) is 0 Å². The first kappa shape index (κ1) is 7.92. The minimum Gasteiger partial charge on any atom is -0.299 e. The van der Waals surface area contributed by atoms with Crippen molar-refractivity contribution in [1.82, 2.24) is 5.06 Å². The van der Waals surface area contributed by atoms with Crippen LogP contribution >= 0.6 is 0 Å². The molecule has 1 aliphatic rings. The van der Waals surface area contributed by atoms with Crippen molar-refractivity contribution in [2.75, 3.05) is 20.2 Å². The third-order valence-electron chi connectivity index (χ3n) is 0.929. The fourth-order valence-corrected chi connectivity index (χ4v) is 0.572. The van der Waals surface area contributed by atoms with Crippen molar-refractivity contribution in [2.45, 2.75) is 20.3 Å². The molecule has 0 atom stereocenters. The SMILES string of the molecule is CC.CN1CCCO1. The van der Waals surface area contributed by atoms with Crippen LogP contribution in [0.2, 0.25) is 0 Å². The van der Waals surface area contributed by atoms with E-state index in [1.807, 2.05) is 26.0 Å². The monoisotopic (exact) mass is 117 g/mol. The predicted molar refractivity (Wildman–Crippen MR) is 34.5 cm³/mol. The van der Waals surface area contributed by atoms with Gasteiger partial charge in [-0.2, -0.15) is 5.06 Å². The standard InChI is InChI=1S/C4H9NO.C2H6/c1-5-3-2-4-6-5;1-2/h2-4H2,1H3;1-2H3. The van der Waals surface area contributed by atoms with Crippen LogP contribution < -0.4 is 0 Å². The molecule has 0 aromatic carbocycles. The van der Waals surface area contributed by atoms with E-state index in [-0.39, 0.29) is 0 Å². The summed E-state index contributed by atoms with van der Waals surface area (Å²) in [5.41, 5.74) is 0. The summed E-state index contributed by atoms with van der Waals surface area (Å²) in [6.07, 6.45) is 1.19. The smallest absolute Gasteiger partial charge is 0.0698 e. The van der Waals surface area contributed by atoms with E-state index >= 15 is 0 Å². The summed E-state index contributed by atoms with van der Waals surface area (Å²) in [5, 5.41) is 1.86. The minimum atomic E-state index is 0.913. The lowest BCUT2D eigenvalue weighted by Gasteiger charge is -2.01. The zero-order valence-electron chi connectivity index (χ0n) is 5.98. The van der Waals surface area contributed by atoms with Crippen molar-refractivity contribution in [3.8, 4) is 0 Å². The third kappa shape index (κ3) is 2.99. The first-order valence-corrected chi connectivity index (χ1v) is 3.23. The summed E-state index contributed by atoms with van der Waals surface area (Å²) >= 11 is 0. The molecule has 0 N–H and O–H groups in total. The Hall–Kier alpha value is -0.0800. The zero-order valence-corrected chi connectivity index (χ0v) is 5.98. The Bertz CT molecular complexity index is 41.8. The maximum Gasteiger partial charge on any atom is 0.0698 e. The van der Waals surface area contributed by atoms with Gasteiger partial charge in [0, 0.05) is 13.6 Å². The molecule has 0 aromatic rings. The number of rotatable bonds is 0. The van der Waals surface area contributed by atoms with Crippen molar-refractivity contribution in [3.63, 3.8) is 0 Å². The Morgan fingerprint density at radius 3 is 2.12 bits per heavy atom. The van der Waals surface area contributed by atoms with Crippen LogP contribution in [0.3, 0.4) is 0 Å². The maximum atomic E-state index is 4.99. The highest BCUT2D eigenvalue weighted by Crippen LogP contribution is 1.97. The van der Waals surface area contributed by atoms with Crippen LogP contribution in [-0.4, -0.2) is 25.3 Å². The van der Waals surface area contributed by atoms with Crippen molar-refractivity contribution in [3.05, 3.63) is 0 Å². The summed E-state index contributed by atoms with van der Waals surface area (Å²) in [6, 6.07) is 0. The molecule has 0 spiro atoms. The van der Waals surface area contributed by atoms with Gasteiger partial charge in [0.15, 0.2) is 0 Å². The molecule has 50 valence electrons. The highest BCUT2D eigenvalue weighted by molar-refractivity contribution is 4.44. The van der Waals surface area contributed by atoms with Gasteiger partial charge in [0.1, 0.15) is 0 Å². The highest BCUT2D eigenvalue weighted by Gasteiger charge is 2.03. The van der Waals surface area contributed by atoms with E-state index in [4.69, 9.17) is 4.84 Å². The van der Waals surface area contributed by atoms with Gasteiger partial charge in [-0.1, -0.05) is 13.8 Å². The fraction of sp³-hybridized carbons (Fsp3) is 1.00. The van der Waals surface area contributed by atoms with E-state index in [0.717, 1.165) is 13.2 Å². The van der Waals surface area contributed by atoms with Crippen LogP contribution in [0, 0.1) is 0 Å². The Balaban J connectivity index is 0.000000222. The van der Waals surface area contributed by atoms with E-state index in [2.05, 4.69) is 0 Å². The average molecular weight is 117 g/mol. The first-order chi connectivity index (χ1) is 3.89. The second-order valence-electron chi connectivity index (χ2n) is 1.54. The molecule has 0 radical (unpaired) electrons. The second kappa shape index (κ2) is 5.06. The molecular formula is C6H15NO. The summed E-state index contributed by atoms with van der Waals surface area (Å²) < 4.78 is 0. The molecule has 0 amide bonds. The molecule has 2 nitrogen and oxygen atoms in total. The molecule has 0 saturated carbocycles. The topological polar surface area (TPSA) is 12.5 Å². The summed E-state index contributed by atoms with van der Waals surface area (Å²) in [6.45, 7) is 6.01. The average Bonchev–Trinajstić information content (AvgIpc) is 2.24. The number of nitrogens with zero attached hydrogens (tertiary/aromatic N) is 1. The molecule has 1 aliphatic heterocycles. The zero-order chi connectivity index (χ0) is 6.41. The second-order valence-corrected chi connectivity index (χ2v) is 1.54. The van der Waals surface area contributed by atoms with Gasteiger partial charge >= 0.3 is 0 Å². The molecule has 1 saturated heterocycles. The van der Waals surface area contributed by atoms with E-state index in [1.165, 1.54) is 6.42 Å². The van der Waals surface area contributed by atoms with Crippen molar-refractivity contribution in [2.24, 2.45) is 0 Å². The van der Waals surface area contributed by atoms with Gasteiger partial charge in [0.05, 0.1) is 6.61 Å². The maximum absolute atomic E-state index is 4.99. The van der Waals surface area contributed by atoms with Gasteiger partial charge in [-0.05, 0) is 6.42 Å². The fourth-order valence-electron chi connectivity index (χ4n) is 0.572. The van der Waals surface area contributed by atoms with E-state index in [1.54, 1.807) is 0 Å². The highest BCUT2D eigenvalue weighted by atomic mass is 16.7. The molecule has 0 aromatic heterocycles. The normalized spacial score (nSPS) is 19.9. The third-order valence-corrected chi connectivity index (χ3v) is 0.929. The lowest BCUT2D eigenvalue weighted by atomic mass is 10.5. The summed E-state index contributed by atoms with van der Waals surface area (Å²) in [7, 11) is 1.95. The van der Waals surface area contributed by atoms with E-state index in [0.29, 0.717) is 0 Å². The van der Waals surface area contributed by atoms with Crippen molar-refractivity contribution < 1.29 is 4.84 Å². The molecule has 1 heterocycles. The van der Waals surface area contributed by atoms with Gasteiger partial charge in [0.2, 0.25) is 0 Å². The number of hydrogen-bond acceptors (Lipinski definition) is 2. The molecule has 0 unspecified atom stereocenters. The van der Waals surface area contributed by atoms with Crippen LogP contribution in [0.25, 0.3) is 0 Å². The van der Waals surface area contributed by atoms with Gasteiger partial charge in [-0.3, -0.25) is 4.84 Å². The number of hydroxylamine groups is 2. The molecule has 1 rings (SSSR count). The Kier molecular flexibility index (Phi) is 5.01. The molecule has 1 fully saturated rings. The predicted octanol–water partition coefficient (Wildman–Crippen LogP) is 1.28. The summed E-state index contributed by atoms with van der Waals surface area (Å²) in [5.74, 6) is 0. The van der Waals surface area contributed by atoms with E-state index in [9.17, 15) is 0 Å². The van der Waals surface area contributed by atoms with Crippen LogP contribution in [0.1, 0.15) is 20.3 Å². The van der Waals surface area contributed by atoms with Crippen molar-refractivity contribution >= 4 is 0 Å². The van der Waals surface area contributed by atoms with Crippen LogP contribution in [0.15, 0.2) is 0 Å². The molecule has 0 bridgehead atoms. The molecule has 2 heteroatoms. The lowest BCUT2D eigenvalue weighted by Crippen LogP contribution is -2.08. The Morgan fingerprint density at radius 2 is 2.00 bits per heavy atom. The largest absolute Gasteiger partial charge is 0.299 e. The van der Waals surface area contributed by atoms with Gasteiger partial charge in [-0.15, -0.1) is 0 Å². The van der Waals surface area contributed by atoms with Crippen LogP contribution in [-0.2, 0) is 4.84 Å². The first-order valence-electron chi connectivity index (χ1n) is 3.23. The van der Waals surface area contributed by atoms with E-state index < -0.39 is 0 Å². The lowest BCUT2D eigenvalue weighted by molar-refractivity contribution is -0.0867. The van der Waals surface area contributed by atoms with Gasteiger partial charge < -0.3 is 0 Å². The Morgan fingerprint density at radius 1 is 1.38 bits per heavy atom. The van der Waals surface area contributed by atoms with Crippen LogP contribution in [0.5, 0.6) is 0 Å². The minimum absolute atomic E-state index is 0.913. The molecular weight excluding hydrogens is 102 g/mol. The molecule has 8 heavy (non-hydrogen) atoms.